The van der Waals surface area contributed by atoms with E-state index in [1.807, 2.05) is 41.3 Å². The molecule has 5 heteroatoms. The molecule has 2 aromatic carbocycles. The lowest BCUT2D eigenvalue weighted by Gasteiger charge is -2.39. The van der Waals surface area contributed by atoms with Gasteiger partial charge in [0.05, 0.1) is 0 Å². The van der Waals surface area contributed by atoms with E-state index in [2.05, 4.69) is 18.1 Å². The van der Waals surface area contributed by atoms with E-state index in [0.717, 1.165) is 54.6 Å². The lowest BCUT2D eigenvalue weighted by Crippen LogP contribution is -2.48. The summed E-state index contributed by atoms with van der Waals surface area (Å²) in [6.45, 7) is 11.5. The molecule has 0 saturated carbocycles. The van der Waals surface area contributed by atoms with Crippen LogP contribution in [0.15, 0.2) is 61.7 Å². The fourth-order valence-corrected chi connectivity index (χ4v) is 5.11. The van der Waals surface area contributed by atoms with Gasteiger partial charge in [0.1, 0.15) is 11.5 Å². The highest BCUT2D eigenvalue weighted by Gasteiger charge is 2.29. The number of ether oxygens (including phenoxy) is 1. The number of phenols is 1. The summed E-state index contributed by atoms with van der Waals surface area (Å²) in [5, 5.41) is 10.2. The first-order valence-corrected chi connectivity index (χ1v) is 12.5. The van der Waals surface area contributed by atoms with Crippen LogP contribution in [0.25, 0.3) is 11.1 Å². The van der Waals surface area contributed by atoms with Crippen molar-refractivity contribution in [3.63, 3.8) is 0 Å². The second-order valence-electron chi connectivity index (χ2n) is 9.34. The van der Waals surface area contributed by atoms with Crippen LogP contribution in [0.3, 0.4) is 0 Å². The number of nitrogens with zero attached hydrogens (tertiary/aromatic N) is 2. The van der Waals surface area contributed by atoms with Gasteiger partial charge in [-0.3, -0.25) is 0 Å². The van der Waals surface area contributed by atoms with Crippen LogP contribution in [-0.4, -0.2) is 53.2 Å². The average Bonchev–Trinajstić information content (AvgIpc) is 2.87. The van der Waals surface area contributed by atoms with Gasteiger partial charge in [-0.2, -0.15) is 0 Å². The van der Waals surface area contributed by atoms with E-state index in [1.165, 1.54) is 32.4 Å². The molecule has 2 aliphatic heterocycles. The molecule has 0 aromatic heterocycles. The fourth-order valence-electron chi connectivity index (χ4n) is 5.11. The molecule has 2 heterocycles. The van der Waals surface area contributed by atoms with Crippen LogP contribution in [0.1, 0.15) is 43.2 Å². The number of piperidine rings is 2. The van der Waals surface area contributed by atoms with Crippen LogP contribution in [-0.2, 0) is 12.8 Å². The van der Waals surface area contributed by atoms with Crippen LogP contribution < -0.4 is 4.74 Å². The summed E-state index contributed by atoms with van der Waals surface area (Å²) in [6.07, 6.45) is 10.5. The summed E-state index contributed by atoms with van der Waals surface area (Å²) < 4.78 is 5.95. The molecule has 4 rings (SSSR count). The summed E-state index contributed by atoms with van der Waals surface area (Å²) in [5.74, 6) is 0.771. The SMILES string of the molecule is C=CCc1ccc(OC(=O)N2CCC(N3CCCCC3)CC2)c(-c2ccc(O)c(CC=C)c2)c1. The number of hydrogen-bond donors (Lipinski definition) is 1. The number of phenolic OH excluding ortho intramolecular Hbond substituents is 1. The van der Waals surface area contributed by atoms with Gasteiger partial charge in [-0.25, -0.2) is 4.79 Å². The lowest BCUT2D eigenvalue weighted by atomic mass is 9.97. The first kappa shape index (κ1) is 24.1. The fraction of sp³-hybridized carbons (Fsp3) is 0.414. The Morgan fingerprint density at radius 1 is 0.971 bits per heavy atom. The largest absolute Gasteiger partial charge is 0.508 e. The number of benzene rings is 2. The summed E-state index contributed by atoms with van der Waals surface area (Å²) in [4.78, 5) is 17.5. The summed E-state index contributed by atoms with van der Waals surface area (Å²) in [7, 11) is 0. The van der Waals surface area contributed by atoms with Crippen LogP contribution in [0.4, 0.5) is 4.79 Å². The van der Waals surface area contributed by atoms with Gasteiger partial charge in [0, 0.05) is 24.7 Å². The molecule has 1 N–H and O–H groups in total. The average molecular weight is 461 g/mol. The van der Waals surface area contributed by atoms with Gasteiger partial charge in [-0.15, -0.1) is 13.2 Å². The van der Waals surface area contributed by atoms with E-state index in [9.17, 15) is 9.90 Å². The highest BCUT2D eigenvalue weighted by Crippen LogP contribution is 2.35. The first-order chi connectivity index (χ1) is 16.6. The van der Waals surface area contributed by atoms with Crippen LogP contribution in [0.2, 0.25) is 0 Å². The van der Waals surface area contributed by atoms with E-state index >= 15 is 0 Å². The number of carbonyl (C=O) groups excluding carboxylic acids is 1. The van der Waals surface area contributed by atoms with Gasteiger partial charge in [-0.05, 0) is 92.6 Å². The smallest absolute Gasteiger partial charge is 0.415 e. The second kappa shape index (κ2) is 11.4. The van der Waals surface area contributed by atoms with E-state index in [1.54, 1.807) is 12.1 Å². The van der Waals surface area contributed by atoms with Crippen LogP contribution >= 0.6 is 0 Å². The second-order valence-corrected chi connectivity index (χ2v) is 9.34. The molecule has 2 aliphatic rings. The van der Waals surface area contributed by atoms with Gasteiger partial charge in [0.25, 0.3) is 0 Å². The van der Waals surface area contributed by atoms with Gasteiger partial charge in [0.15, 0.2) is 0 Å². The number of rotatable bonds is 7. The standard InChI is InChI=1S/C29H36N2O3/c1-3-8-22-10-13-28(26(20-22)23-11-12-27(32)24(21-23)9-4-2)34-29(33)31-18-14-25(15-19-31)30-16-6-5-7-17-30/h3-4,10-13,20-21,25,32H,1-2,5-9,14-19H2. The van der Waals surface area contributed by atoms with E-state index in [4.69, 9.17) is 4.74 Å². The minimum Gasteiger partial charge on any atom is -0.508 e. The predicted octanol–water partition coefficient (Wildman–Crippen LogP) is 5.97. The van der Waals surface area contributed by atoms with Crippen molar-refractivity contribution in [1.82, 2.24) is 9.80 Å². The quantitative estimate of drug-likeness (QED) is 0.518. The number of amides is 1. The third-order valence-electron chi connectivity index (χ3n) is 7.01. The van der Waals surface area contributed by atoms with Crippen LogP contribution in [0, 0.1) is 0 Å². The Labute approximate surface area is 203 Å². The molecule has 0 spiro atoms. The molecular formula is C29H36N2O3. The van der Waals surface area contributed by atoms with Gasteiger partial charge < -0.3 is 19.6 Å². The summed E-state index contributed by atoms with van der Waals surface area (Å²) in [6, 6.07) is 11.9. The maximum absolute atomic E-state index is 13.1. The summed E-state index contributed by atoms with van der Waals surface area (Å²) in [5.41, 5.74) is 3.61. The summed E-state index contributed by atoms with van der Waals surface area (Å²) >= 11 is 0. The molecule has 2 aromatic rings. The molecule has 0 unspecified atom stereocenters. The number of allylic oxidation sites excluding steroid dienone is 2. The van der Waals surface area contributed by atoms with Crippen molar-refractivity contribution >= 4 is 6.09 Å². The molecule has 2 fully saturated rings. The topological polar surface area (TPSA) is 53.0 Å². The Morgan fingerprint density at radius 3 is 2.41 bits per heavy atom. The molecule has 180 valence electrons. The first-order valence-electron chi connectivity index (χ1n) is 12.5. The Morgan fingerprint density at radius 2 is 1.71 bits per heavy atom. The lowest BCUT2D eigenvalue weighted by molar-refractivity contribution is 0.0879. The molecule has 0 radical (unpaired) electrons. The van der Waals surface area contributed by atoms with Crippen molar-refractivity contribution < 1.29 is 14.6 Å². The Bertz CT molecular complexity index is 1020. The minimum atomic E-state index is -0.292. The zero-order chi connectivity index (χ0) is 23.9. The maximum atomic E-state index is 13.1. The minimum absolute atomic E-state index is 0.237. The predicted molar refractivity (Wildman–Crippen MR) is 137 cm³/mol. The molecular weight excluding hydrogens is 424 g/mol. The van der Waals surface area contributed by atoms with Crippen molar-refractivity contribution in [2.45, 2.75) is 51.0 Å². The number of aromatic hydroxyl groups is 1. The Balaban J connectivity index is 1.50. The van der Waals surface area contributed by atoms with Crippen molar-refractivity contribution in [2.75, 3.05) is 26.2 Å². The zero-order valence-electron chi connectivity index (χ0n) is 20.0. The van der Waals surface area contributed by atoms with Crippen LogP contribution in [0.5, 0.6) is 11.5 Å². The third kappa shape index (κ3) is 5.71. The highest BCUT2D eigenvalue weighted by molar-refractivity contribution is 5.78. The third-order valence-corrected chi connectivity index (χ3v) is 7.01. The van der Waals surface area contributed by atoms with Crippen molar-refractivity contribution in [3.05, 3.63) is 72.8 Å². The molecule has 1 amide bonds. The normalized spacial score (nSPS) is 17.4. The molecule has 0 bridgehead atoms. The van der Waals surface area contributed by atoms with Gasteiger partial charge in [0.2, 0.25) is 0 Å². The molecule has 5 nitrogen and oxygen atoms in total. The van der Waals surface area contributed by atoms with Gasteiger partial charge in [-0.1, -0.05) is 30.7 Å². The number of carbonyl (C=O) groups is 1. The Kier molecular flexibility index (Phi) is 8.07. The molecule has 0 atom stereocenters. The molecule has 2 saturated heterocycles. The van der Waals surface area contributed by atoms with Crippen molar-refractivity contribution in [1.29, 1.82) is 0 Å². The van der Waals surface area contributed by atoms with E-state index in [-0.39, 0.29) is 11.8 Å². The van der Waals surface area contributed by atoms with Crippen molar-refractivity contribution in [2.24, 2.45) is 0 Å². The number of likely N-dealkylation sites (tertiary alicyclic amines) is 2. The maximum Gasteiger partial charge on any atom is 0.415 e. The highest BCUT2D eigenvalue weighted by atomic mass is 16.6. The zero-order valence-corrected chi connectivity index (χ0v) is 20.0. The molecule has 34 heavy (non-hydrogen) atoms. The van der Waals surface area contributed by atoms with E-state index in [0.29, 0.717) is 18.2 Å². The van der Waals surface area contributed by atoms with E-state index < -0.39 is 0 Å². The Hall–Kier alpha value is -3.05. The molecule has 0 aliphatic carbocycles. The van der Waals surface area contributed by atoms with Gasteiger partial charge >= 0.3 is 6.09 Å². The number of hydrogen-bond acceptors (Lipinski definition) is 4. The van der Waals surface area contributed by atoms with Crippen molar-refractivity contribution in [3.8, 4) is 22.6 Å². The monoisotopic (exact) mass is 460 g/mol.